The van der Waals surface area contributed by atoms with E-state index in [2.05, 4.69) is 18.0 Å². The summed E-state index contributed by atoms with van der Waals surface area (Å²) in [5.74, 6) is -1.78. The summed E-state index contributed by atoms with van der Waals surface area (Å²) in [6.07, 6.45) is 5.91. The van der Waals surface area contributed by atoms with Gasteiger partial charge in [0.1, 0.15) is 12.6 Å². The summed E-state index contributed by atoms with van der Waals surface area (Å²) < 4.78 is 7.48. The molecule has 0 radical (unpaired) electrons. The number of hydrogen-bond donors (Lipinski definition) is 2. The van der Waals surface area contributed by atoms with Crippen molar-refractivity contribution in [2.24, 2.45) is 5.92 Å². The van der Waals surface area contributed by atoms with Crippen LogP contribution in [0.4, 0.5) is 0 Å². The number of nitriles is 1. The van der Waals surface area contributed by atoms with Gasteiger partial charge in [0.2, 0.25) is 5.91 Å². The largest absolute Gasteiger partial charge is 0.461 e. The molecule has 3 atom stereocenters. The van der Waals surface area contributed by atoms with E-state index in [0.717, 1.165) is 33.4 Å². The first-order chi connectivity index (χ1) is 23.0. The Balaban J connectivity index is 1.42. The summed E-state index contributed by atoms with van der Waals surface area (Å²) in [5, 5.41) is 22.3. The number of aliphatic hydroxyl groups excluding tert-OH is 1. The lowest BCUT2D eigenvalue weighted by Gasteiger charge is -2.28. The normalized spacial score (nSPS) is 12.7. The lowest BCUT2D eigenvalue weighted by atomic mass is 9.94. The predicted molar refractivity (Wildman–Crippen MR) is 183 cm³/mol. The fraction of sp³-hybridized carbons (Fsp3) is 0.175. The number of carbonyl (C=O) groups is 2. The third-order valence-corrected chi connectivity index (χ3v) is 8.09. The van der Waals surface area contributed by atoms with Gasteiger partial charge in [0.25, 0.3) is 0 Å². The molecule has 7 heteroatoms. The molecule has 2 unspecified atom stereocenters. The number of allylic oxidation sites excluding steroid dienone is 1. The highest BCUT2D eigenvalue weighted by atomic mass is 16.5. The van der Waals surface area contributed by atoms with Crippen molar-refractivity contribution in [1.29, 1.82) is 5.26 Å². The van der Waals surface area contributed by atoms with E-state index in [-0.39, 0.29) is 19.6 Å². The molecule has 0 saturated carbocycles. The Kier molecular flexibility index (Phi) is 11.1. The van der Waals surface area contributed by atoms with E-state index < -0.39 is 29.9 Å². The van der Waals surface area contributed by atoms with Crippen LogP contribution in [0.5, 0.6) is 0 Å². The van der Waals surface area contributed by atoms with Gasteiger partial charge in [-0.25, -0.2) is 0 Å². The minimum Gasteiger partial charge on any atom is -0.461 e. The number of hydrogen-bond acceptors (Lipinski definition) is 5. The van der Waals surface area contributed by atoms with Gasteiger partial charge < -0.3 is 19.7 Å². The summed E-state index contributed by atoms with van der Waals surface area (Å²) in [5.41, 5.74) is 6.23. The number of ether oxygens (including phenoxy) is 1. The number of esters is 1. The van der Waals surface area contributed by atoms with Crippen molar-refractivity contribution in [3.63, 3.8) is 0 Å². The van der Waals surface area contributed by atoms with Gasteiger partial charge >= 0.3 is 5.97 Å². The molecule has 0 aliphatic rings. The van der Waals surface area contributed by atoms with Crippen LogP contribution in [0.15, 0.2) is 140 Å². The first kappa shape index (κ1) is 32.7. The second kappa shape index (κ2) is 16.0. The Hall–Kier alpha value is -5.71. The van der Waals surface area contributed by atoms with Crippen molar-refractivity contribution in [3.05, 3.63) is 157 Å². The van der Waals surface area contributed by atoms with Crippen LogP contribution in [0.2, 0.25) is 0 Å². The average molecular weight is 624 g/mol. The fourth-order valence-corrected chi connectivity index (χ4v) is 5.59. The van der Waals surface area contributed by atoms with Crippen LogP contribution >= 0.6 is 0 Å². The second-order valence-electron chi connectivity index (χ2n) is 11.4. The highest BCUT2D eigenvalue weighted by molar-refractivity contribution is 5.87. The van der Waals surface area contributed by atoms with Gasteiger partial charge in [-0.3, -0.25) is 9.59 Å². The second-order valence-corrected chi connectivity index (χ2v) is 11.4. The number of benzene rings is 4. The van der Waals surface area contributed by atoms with Crippen molar-refractivity contribution in [2.45, 2.75) is 31.5 Å². The van der Waals surface area contributed by atoms with Crippen molar-refractivity contribution in [3.8, 4) is 28.3 Å². The average Bonchev–Trinajstić information content (AvgIpc) is 3.61. The predicted octanol–water partition coefficient (Wildman–Crippen LogP) is 6.89. The summed E-state index contributed by atoms with van der Waals surface area (Å²) >= 11 is 0. The number of aliphatic hydroxyl groups is 1. The van der Waals surface area contributed by atoms with Crippen molar-refractivity contribution in [1.82, 2.24) is 9.88 Å². The van der Waals surface area contributed by atoms with E-state index in [9.17, 15) is 14.7 Å². The summed E-state index contributed by atoms with van der Waals surface area (Å²) in [6, 6.07) is 37.0. The maximum atomic E-state index is 14.1. The van der Waals surface area contributed by atoms with Gasteiger partial charge in [-0.05, 0) is 64.4 Å². The van der Waals surface area contributed by atoms with Gasteiger partial charge in [-0.15, -0.1) is 6.58 Å². The molecule has 0 aliphatic carbocycles. The molecule has 0 saturated heterocycles. The topological polar surface area (TPSA) is 104 Å². The maximum Gasteiger partial charge on any atom is 0.312 e. The molecule has 236 valence electrons. The van der Waals surface area contributed by atoms with Crippen LogP contribution in [0.3, 0.4) is 0 Å². The zero-order chi connectivity index (χ0) is 33.0. The van der Waals surface area contributed by atoms with E-state index >= 15 is 0 Å². The Morgan fingerprint density at radius 3 is 1.98 bits per heavy atom. The van der Waals surface area contributed by atoms with E-state index in [1.165, 1.54) is 0 Å². The van der Waals surface area contributed by atoms with E-state index in [1.54, 1.807) is 29.0 Å². The van der Waals surface area contributed by atoms with Gasteiger partial charge in [-0.2, -0.15) is 5.26 Å². The van der Waals surface area contributed by atoms with Gasteiger partial charge in [-0.1, -0.05) is 103 Å². The molecular weight excluding hydrogens is 586 g/mol. The van der Waals surface area contributed by atoms with E-state index in [1.807, 2.05) is 109 Å². The maximum absolute atomic E-state index is 14.1. The molecule has 4 aromatic carbocycles. The SMILES string of the molecule is C=CCC(C(=O)OCc1ccccc1)C(C(=O)N[C@H](CO)Cc1ccccc1)n1ccc(-c2ccc(-c3ccc(C#N)cc3)cc2)c1. The molecule has 1 amide bonds. The fourth-order valence-electron chi connectivity index (χ4n) is 5.59. The Labute approximate surface area is 275 Å². The lowest BCUT2D eigenvalue weighted by molar-refractivity contribution is -0.154. The number of rotatable bonds is 14. The molecule has 0 fully saturated rings. The number of amides is 1. The van der Waals surface area contributed by atoms with Crippen LogP contribution in [-0.2, 0) is 27.4 Å². The smallest absolute Gasteiger partial charge is 0.312 e. The third-order valence-electron chi connectivity index (χ3n) is 8.09. The quantitative estimate of drug-likeness (QED) is 0.104. The van der Waals surface area contributed by atoms with Gasteiger partial charge in [0.05, 0.1) is 30.2 Å². The molecule has 5 rings (SSSR count). The van der Waals surface area contributed by atoms with E-state index in [4.69, 9.17) is 10.00 Å². The number of carbonyl (C=O) groups excluding carboxylic acids is 2. The monoisotopic (exact) mass is 623 g/mol. The van der Waals surface area contributed by atoms with Gasteiger partial charge in [0.15, 0.2) is 0 Å². The molecule has 7 nitrogen and oxygen atoms in total. The van der Waals surface area contributed by atoms with E-state index in [0.29, 0.717) is 12.0 Å². The van der Waals surface area contributed by atoms with Crippen LogP contribution in [0.1, 0.15) is 29.2 Å². The molecule has 0 aliphatic heterocycles. The standard InChI is InChI=1S/C40H37N3O4/c1-2-9-37(40(46)47-28-31-12-7-4-8-13-31)38(39(45)42-36(27-44)24-29-10-5-3-6-11-29)43-23-22-35(26-43)34-20-18-33(19-21-34)32-16-14-30(25-41)15-17-32/h2-8,10-23,26,36-38,44H,1,9,24,27-28H2,(H,42,45)/t36-,37?,38?/m0/s1. The third kappa shape index (κ3) is 8.51. The number of nitrogens with zero attached hydrogens (tertiary/aromatic N) is 2. The number of aromatic nitrogens is 1. The molecule has 1 heterocycles. The Morgan fingerprint density at radius 1 is 0.830 bits per heavy atom. The minimum atomic E-state index is -0.965. The zero-order valence-electron chi connectivity index (χ0n) is 26.0. The summed E-state index contributed by atoms with van der Waals surface area (Å²) in [7, 11) is 0. The highest BCUT2D eigenvalue weighted by Gasteiger charge is 2.36. The van der Waals surface area contributed by atoms with Crippen molar-refractivity contribution < 1.29 is 19.4 Å². The van der Waals surface area contributed by atoms with Crippen LogP contribution in [0.25, 0.3) is 22.3 Å². The molecule has 0 spiro atoms. The Morgan fingerprint density at radius 2 is 1.40 bits per heavy atom. The van der Waals surface area contributed by atoms with Crippen LogP contribution in [0, 0.1) is 17.2 Å². The molecule has 0 bridgehead atoms. The minimum absolute atomic E-state index is 0.0808. The molecule has 1 aromatic heterocycles. The zero-order valence-corrected chi connectivity index (χ0v) is 26.0. The summed E-state index contributed by atoms with van der Waals surface area (Å²) in [6.45, 7) is 3.68. The lowest BCUT2D eigenvalue weighted by Crippen LogP contribution is -2.46. The molecular formula is C40H37N3O4. The van der Waals surface area contributed by atoms with Crippen molar-refractivity contribution >= 4 is 11.9 Å². The highest BCUT2D eigenvalue weighted by Crippen LogP contribution is 2.30. The van der Waals surface area contributed by atoms with Crippen LogP contribution < -0.4 is 5.32 Å². The van der Waals surface area contributed by atoms with Crippen molar-refractivity contribution in [2.75, 3.05) is 6.61 Å². The number of nitrogens with one attached hydrogen (secondary N) is 1. The first-order valence-corrected chi connectivity index (χ1v) is 15.5. The Bertz CT molecular complexity index is 1810. The molecule has 2 N–H and O–H groups in total. The van der Waals surface area contributed by atoms with Gasteiger partial charge in [0, 0.05) is 12.4 Å². The summed E-state index contributed by atoms with van der Waals surface area (Å²) in [4.78, 5) is 27.7. The molecule has 5 aromatic rings. The first-order valence-electron chi connectivity index (χ1n) is 15.5. The van der Waals surface area contributed by atoms with Crippen LogP contribution in [-0.4, -0.2) is 34.2 Å². The molecule has 47 heavy (non-hydrogen) atoms.